The van der Waals surface area contributed by atoms with E-state index in [-0.39, 0.29) is 17.7 Å². The van der Waals surface area contributed by atoms with Crippen molar-refractivity contribution in [2.45, 2.75) is 51.4 Å². The molecule has 5 nitrogen and oxygen atoms in total. The summed E-state index contributed by atoms with van der Waals surface area (Å²) in [5, 5.41) is 5.11. The number of fused-ring (bicyclic) bond motifs is 15. The molecule has 15 rings (SSSR count). The zero-order valence-corrected chi connectivity index (χ0v) is 38.4. The van der Waals surface area contributed by atoms with Gasteiger partial charge < -0.3 is 23.6 Å². The molecular weight excluding hydrogens is 816 g/mol. The highest BCUT2D eigenvalue weighted by Crippen LogP contribution is 2.57. The molecule has 0 amide bonds. The average Bonchev–Trinajstić information content (AvgIpc) is 3.87. The molecule has 8 aromatic carbocycles. The van der Waals surface area contributed by atoms with Crippen molar-refractivity contribution < 1.29 is 4.74 Å². The van der Waals surface area contributed by atoms with E-state index in [1.807, 2.05) is 0 Å². The number of benzene rings is 8. The van der Waals surface area contributed by atoms with Crippen molar-refractivity contribution in [2.24, 2.45) is 0 Å². The molecule has 6 heteroatoms. The van der Waals surface area contributed by atoms with Crippen LogP contribution < -0.4 is 25.4 Å². The molecule has 4 aliphatic heterocycles. The number of nitrogens with zero attached hydrogens (tertiary/aromatic N) is 4. The highest BCUT2D eigenvalue weighted by atomic mass is 16.5. The predicted octanol–water partition coefficient (Wildman–Crippen LogP) is 14.1. The molecule has 0 N–H and O–H groups in total. The Hall–Kier alpha value is -7.70. The van der Waals surface area contributed by atoms with Gasteiger partial charge in [0, 0.05) is 51.1 Å². The van der Waals surface area contributed by atoms with Crippen molar-refractivity contribution in [1.82, 2.24) is 9.13 Å². The Bertz CT molecular complexity index is 3910. The smallest absolute Gasteiger partial charge is 0.333 e. The molecule has 10 aromatic rings. The van der Waals surface area contributed by atoms with Crippen molar-refractivity contribution in [1.29, 1.82) is 0 Å². The number of rotatable bonds is 2. The molecular formula is C61H47BN4O. The van der Waals surface area contributed by atoms with E-state index in [1.165, 1.54) is 93.7 Å². The minimum absolute atomic E-state index is 0.0148. The van der Waals surface area contributed by atoms with Crippen LogP contribution in [0.25, 0.3) is 77.4 Å². The van der Waals surface area contributed by atoms with Crippen LogP contribution in [0.1, 0.15) is 62.8 Å². The summed E-state index contributed by atoms with van der Waals surface area (Å²) < 4.78 is 12.1. The molecule has 6 heterocycles. The fourth-order valence-electron chi connectivity index (χ4n) is 13.0. The van der Waals surface area contributed by atoms with Gasteiger partial charge in [0.25, 0.3) is 0 Å². The summed E-state index contributed by atoms with van der Waals surface area (Å²) in [6.45, 7) is 14.4. The minimum atomic E-state index is -0.166. The molecule has 0 fully saturated rings. The summed E-state index contributed by atoms with van der Waals surface area (Å²) in [5.41, 5.74) is 23.1. The molecule has 0 saturated carbocycles. The van der Waals surface area contributed by atoms with Gasteiger partial charge in [0.15, 0.2) is 5.75 Å². The third-order valence-corrected chi connectivity index (χ3v) is 16.4. The number of anilines is 3. The highest BCUT2D eigenvalue weighted by molar-refractivity contribution is 6.94. The van der Waals surface area contributed by atoms with E-state index in [9.17, 15) is 0 Å². The quantitative estimate of drug-likeness (QED) is 0.162. The van der Waals surface area contributed by atoms with E-state index in [0.717, 1.165) is 58.2 Å². The van der Waals surface area contributed by atoms with Crippen LogP contribution in [0.3, 0.4) is 0 Å². The number of ether oxygens (including phenoxy) is 1. The molecule has 0 unspecified atom stereocenters. The molecule has 0 bridgehead atoms. The van der Waals surface area contributed by atoms with Crippen molar-refractivity contribution in [3.63, 3.8) is 0 Å². The van der Waals surface area contributed by atoms with Gasteiger partial charge in [0.05, 0.1) is 44.8 Å². The fraction of sp³-hybridized carbons (Fsp3) is 0.148. The first-order valence-corrected chi connectivity index (χ1v) is 23.8. The predicted molar refractivity (Wildman–Crippen MR) is 281 cm³/mol. The summed E-state index contributed by atoms with van der Waals surface area (Å²) in [6.07, 6.45) is 4.55. The minimum Gasteiger partial charge on any atom is -0.453 e. The number of hydrogen-bond acceptors (Lipinski definition) is 3. The Morgan fingerprint density at radius 2 is 1.22 bits per heavy atom. The number of para-hydroxylation sites is 5. The van der Waals surface area contributed by atoms with E-state index < -0.39 is 0 Å². The highest BCUT2D eigenvalue weighted by Gasteiger charge is 2.49. The first-order valence-electron chi connectivity index (χ1n) is 23.8. The normalized spacial score (nSPS) is 16.7. The monoisotopic (exact) mass is 862 g/mol. The Morgan fingerprint density at radius 1 is 0.552 bits per heavy atom. The van der Waals surface area contributed by atoms with Crippen molar-refractivity contribution in [3.05, 3.63) is 187 Å². The van der Waals surface area contributed by atoms with Crippen LogP contribution in [0.5, 0.6) is 11.5 Å². The summed E-state index contributed by atoms with van der Waals surface area (Å²) in [4.78, 5) is 4.99. The summed E-state index contributed by atoms with van der Waals surface area (Å²) in [6, 6.07) is 56.7. The lowest BCUT2D eigenvalue weighted by Gasteiger charge is -2.45. The van der Waals surface area contributed by atoms with Gasteiger partial charge in [-0.1, -0.05) is 131 Å². The van der Waals surface area contributed by atoms with Crippen molar-refractivity contribution in [3.8, 4) is 34.0 Å². The van der Waals surface area contributed by atoms with Gasteiger partial charge in [-0.3, -0.25) is 0 Å². The Balaban J connectivity index is 1.17. The second kappa shape index (κ2) is 12.6. The van der Waals surface area contributed by atoms with Crippen LogP contribution in [0, 0.1) is 0 Å². The van der Waals surface area contributed by atoms with Crippen LogP contribution in [0.4, 0.5) is 17.1 Å². The third-order valence-electron chi connectivity index (χ3n) is 16.4. The maximum Gasteiger partial charge on any atom is 0.333 e. The average molecular weight is 863 g/mol. The van der Waals surface area contributed by atoms with Gasteiger partial charge in [-0.2, -0.15) is 0 Å². The summed E-state index contributed by atoms with van der Waals surface area (Å²) in [5.74, 6) is 1.75. The van der Waals surface area contributed by atoms with Crippen LogP contribution in [-0.4, -0.2) is 23.0 Å². The topological polar surface area (TPSA) is 25.6 Å². The van der Waals surface area contributed by atoms with Crippen molar-refractivity contribution in [2.75, 3.05) is 16.8 Å². The largest absolute Gasteiger partial charge is 0.453 e. The first-order chi connectivity index (χ1) is 32.6. The lowest BCUT2D eigenvalue weighted by molar-refractivity contribution is 0.332. The van der Waals surface area contributed by atoms with E-state index in [2.05, 4.69) is 211 Å². The molecule has 1 aliphatic carbocycles. The van der Waals surface area contributed by atoms with Crippen LogP contribution in [0.2, 0.25) is 0 Å². The maximum absolute atomic E-state index is 6.88. The van der Waals surface area contributed by atoms with E-state index >= 15 is 0 Å². The number of allylic oxidation sites excluding steroid dienone is 2. The summed E-state index contributed by atoms with van der Waals surface area (Å²) >= 11 is 0. The Morgan fingerprint density at radius 3 is 1.99 bits per heavy atom. The lowest BCUT2D eigenvalue weighted by Crippen LogP contribution is -2.61. The van der Waals surface area contributed by atoms with Gasteiger partial charge in [-0.15, -0.1) is 0 Å². The SMILES string of the molecule is C=C1C=C(c2ccccc2)N(C)c2cc3c(cc21)B1c2c(cc(-n4c5ccccc5c5ccccc54)c4c5cc6c(cc5n-3c24)C(C)(C)CCC6(C)C)-c2cccc3c2N1c1ccccc1O3. The van der Waals surface area contributed by atoms with Gasteiger partial charge in [0.1, 0.15) is 5.75 Å². The molecule has 320 valence electrons. The Labute approximate surface area is 390 Å². The summed E-state index contributed by atoms with van der Waals surface area (Å²) in [7, 11) is 2.22. The molecule has 0 atom stereocenters. The van der Waals surface area contributed by atoms with Crippen LogP contribution >= 0.6 is 0 Å². The van der Waals surface area contributed by atoms with Gasteiger partial charge >= 0.3 is 6.85 Å². The number of aromatic nitrogens is 2. The zero-order chi connectivity index (χ0) is 44.8. The second-order valence-corrected chi connectivity index (χ2v) is 20.9. The van der Waals surface area contributed by atoms with Crippen LogP contribution in [-0.2, 0) is 10.8 Å². The molecule has 2 aromatic heterocycles. The molecule has 0 saturated heterocycles. The molecule has 5 aliphatic rings. The van der Waals surface area contributed by atoms with Gasteiger partial charge in [0.2, 0.25) is 0 Å². The van der Waals surface area contributed by atoms with E-state index in [1.54, 1.807) is 0 Å². The lowest BCUT2D eigenvalue weighted by atomic mass is 9.43. The third kappa shape index (κ3) is 4.70. The molecule has 0 radical (unpaired) electrons. The first kappa shape index (κ1) is 37.5. The standard InChI is InChI=1S/C61H47BN4O/c1-35-29-49(36-17-8-7-9-18-36)63(6)50-34-52-45(31-40(35)50)62-57-41(39-21-16-26-55-58(39)66(62)48-24-14-15-25-54(48)67-55)32-53(64-46-22-12-10-19-37(46)38-20-11-13-23-47(38)64)56-42-30-43-44(33-51(42)65(52)59(56)57)61(4,5)28-27-60(43,2)3/h7-26,29-34H,1,27-28H2,2-6H3. The van der Waals surface area contributed by atoms with Gasteiger partial charge in [-0.25, -0.2) is 0 Å². The van der Waals surface area contributed by atoms with Gasteiger partial charge in [-0.05, 0) is 123 Å². The number of hydrogen-bond donors (Lipinski definition) is 0. The fourth-order valence-corrected chi connectivity index (χ4v) is 13.0. The molecule has 0 spiro atoms. The zero-order valence-electron chi connectivity index (χ0n) is 38.4. The van der Waals surface area contributed by atoms with E-state index in [4.69, 9.17) is 11.3 Å². The molecule has 67 heavy (non-hydrogen) atoms. The second-order valence-electron chi connectivity index (χ2n) is 20.9. The Kier molecular flexibility index (Phi) is 7.05. The maximum atomic E-state index is 6.88. The van der Waals surface area contributed by atoms with Crippen LogP contribution in [0.15, 0.2) is 164 Å². The van der Waals surface area contributed by atoms with E-state index in [0.29, 0.717) is 0 Å². The van der Waals surface area contributed by atoms with Crippen molar-refractivity contribution >= 4 is 89.7 Å².